The van der Waals surface area contributed by atoms with Crippen LogP contribution in [0.4, 0.5) is 0 Å². The molecule has 2 aromatic rings. The van der Waals surface area contributed by atoms with Crippen LogP contribution in [0, 0.1) is 0 Å². The highest BCUT2D eigenvalue weighted by Crippen LogP contribution is 2.19. The van der Waals surface area contributed by atoms with Gasteiger partial charge in [0.2, 0.25) is 10.0 Å². The van der Waals surface area contributed by atoms with Gasteiger partial charge in [-0.2, -0.15) is 4.31 Å². The lowest BCUT2D eigenvalue weighted by molar-refractivity contribution is 0.0955. The lowest BCUT2D eigenvalue weighted by atomic mass is 10.1. The molecule has 136 valence electrons. The molecule has 1 aromatic heterocycles. The van der Waals surface area contributed by atoms with E-state index in [1.165, 1.54) is 28.2 Å². The number of hydrogen-bond acceptors (Lipinski definition) is 4. The molecule has 0 aliphatic heterocycles. The Labute approximate surface area is 148 Å². The van der Waals surface area contributed by atoms with Gasteiger partial charge in [0, 0.05) is 39.9 Å². The molecule has 1 amide bonds. The normalized spacial score (nSPS) is 11.7. The summed E-state index contributed by atoms with van der Waals surface area (Å²) in [6.45, 7) is 0.774. The zero-order chi connectivity index (χ0) is 18.4. The first-order chi connectivity index (χ1) is 11.9. The average molecular weight is 364 g/mol. The summed E-state index contributed by atoms with van der Waals surface area (Å²) in [4.78, 5) is 11.9. The number of benzene rings is 1. The minimum Gasteiger partial charge on any atom is -0.354 e. The monoisotopic (exact) mass is 364 g/mol. The lowest BCUT2D eigenvalue weighted by Gasteiger charge is -2.21. The first-order valence-corrected chi connectivity index (χ1v) is 9.46. The third-order valence-corrected chi connectivity index (χ3v) is 5.81. The van der Waals surface area contributed by atoms with Gasteiger partial charge in [-0.3, -0.25) is 4.79 Å². The van der Waals surface area contributed by atoms with E-state index in [9.17, 15) is 13.2 Å². The first kappa shape index (κ1) is 19.2. The molecule has 1 heterocycles. The molecule has 1 aromatic carbocycles. The van der Waals surface area contributed by atoms with Crippen molar-refractivity contribution < 1.29 is 13.2 Å². The number of nitrogens with zero attached hydrogens (tertiary/aromatic N) is 2. The molecule has 0 unspecified atom stereocenters. The molecule has 0 saturated carbocycles. The first-order valence-electron chi connectivity index (χ1n) is 8.02. The van der Waals surface area contributed by atoms with Gasteiger partial charge in [-0.15, -0.1) is 0 Å². The van der Waals surface area contributed by atoms with Gasteiger partial charge in [0.15, 0.2) is 0 Å². The molecule has 2 rings (SSSR count). The molecular weight excluding hydrogens is 340 g/mol. The Morgan fingerprint density at radius 2 is 1.92 bits per heavy atom. The highest BCUT2D eigenvalue weighted by molar-refractivity contribution is 7.89. The van der Waals surface area contributed by atoms with E-state index in [4.69, 9.17) is 5.73 Å². The van der Waals surface area contributed by atoms with Crippen molar-refractivity contribution in [1.29, 1.82) is 0 Å². The third kappa shape index (κ3) is 4.47. The maximum atomic E-state index is 12.9. The van der Waals surface area contributed by atoms with Crippen molar-refractivity contribution >= 4 is 15.9 Å². The van der Waals surface area contributed by atoms with Gasteiger partial charge in [-0.25, -0.2) is 8.42 Å². The number of carbonyl (C=O) groups excluding carboxylic acids is 1. The predicted octanol–water partition coefficient (Wildman–Crippen LogP) is 0.577. The number of carbonyl (C=O) groups is 1. The van der Waals surface area contributed by atoms with Crippen LogP contribution in [0.15, 0.2) is 47.5 Å². The average Bonchev–Trinajstić information content (AvgIpc) is 3.01. The maximum absolute atomic E-state index is 12.9. The second-order valence-corrected chi connectivity index (χ2v) is 7.62. The number of rotatable bonds is 8. The van der Waals surface area contributed by atoms with Gasteiger partial charge in [0.05, 0.1) is 0 Å². The molecule has 0 spiro atoms. The van der Waals surface area contributed by atoms with Crippen LogP contribution in [-0.2, 0) is 23.5 Å². The number of aryl methyl sites for hydroxylation is 1. The van der Waals surface area contributed by atoms with Crippen molar-refractivity contribution in [3.8, 4) is 0 Å². The van der Waals surface area contributed by atoms with Gasteiger partial charge in [0.1, 0.15) is 10.6 Å². The minimum atomic E-state index is -3.72. The van der Waals surface area contributed by atoms with Gasteiger partial charge >= 0.3 is 0 Å². The smallest absolute Gasteiger partial charge is 0.267 e. The van der Waals surface area contributed by atoms with E-state index in [-0.39, 0.29) is 29.6 Å². The Bertz CT molecular complexity index is 816. The topological polar surface area (TPSA) is 97.4 Å². The molecular formula is C17H24N4O3S. The fourth-order valence-corrected chi connectivity index (χ4v) is 4.10. The molecule has 0 bridgehead atoms. The van der Waals surface area contributed by atoms with E-state index in [1.54, 1.807) is 7.05 Å². The van der Waals surface area contributed by atoms with Crippen LogP contribution in [0.5, 0.6) is 0 Å². The Kier molecular flexibility index (Phi) is 6.35. The predicted molar refractivity (Wildman–Crippen MR) is 96.8 cm³/mol. The standard InChI is InChI=1S/C17H24N4O3S/c1-19-17(22)16-12-15(13-20(16)2)25(23,24)21(11-9-18)10-8-14-6-4-3-5-7-14/h3-7,12-13H,8-11,18H2,1-2H3,(H,19,22). The molecule has 25 heavy (non-hydrogen) atoms. The lowest BCUT2D eigenvalue weighted by Crippen LogP contribution is -2.36. The second kappa shape index (κ2) is 8.28. The summed E-state index contributed by atoms with van der Waals surface area (Å²) < 4.78 is 28.8. The van der Waals surface area contributed by atoms with Crippen molar-refractivity contribution in [3.05, 3.63) is 53.9 Å². The number of amides is 1. The van der Waals surface area contributed by atoms with E-state index in [2.05, 4.69) is 5.32 Å². The van der Waals surface area contributed by atoms with Gasteiger partial charge in [-0.05, 0) is 18.1 Å². The van der Waals surface area contributed by atoms with E-state index in [0.29, 0.717) is 13.0 Å². The SMILES string of the molecule is CNC(=O)c1cc(S(=O)(=O)N(CCN)CCc2ccccc2)cn1C. The van der Waals surface area contributed by atoms with Gasteiger partial charge in [0.25, 0.3) is 5.91 Å². The Morgan fingerprint density at radius 1 is 1.24 bits per heavy atom. The minimum absolute atomic E-state index is 0.0927. The molecule has 8 heteroatoms. The molecule has 0 atom stereocenters. The number of aromatic nitrogens is 1. The third-order valence-electron chi connectivity index (χ3n) is 3.95. The van der Waals surface area contributed by atoms with Crippen LogP contribution in [-0.4, -0.2) is 49.9 Å². The van der Waals surface area contributed by atoms with Crippen molar-refractivity contribution in [3.63, 3.8) is 0 Å². The summed E-state index contributed by atoms with van der Waals surface area (Å²) in [5.74, 6) is -0.335. The summed E-state index contributed by atoms with van der Waals surface area (Å²) in [5.41, 5.74) is 6.95. The summed E-state index contributed by atoms with van der Waals surface area (Å²) in [5, 5.41) is 2.50. The summed E-state index contributed by atoms with van der Waals surface area (Å²) in [6, 6.07) is 11.1. The number of sulfonamides is 1. The van der Waals surface area contributed by atoms with E-state index >= 15 is 0 Å². The van der Waals surface area contributed by atoms with Crippen LogP contribution in [0.2, 0.25) is 0 Å². The highest BCUT2D eigenvalue weighted by atomic mass is 32.2. The molecule has 7 nitrogen and oxygen atoms in total. The quantitative estimate of drug-likeness (QED) is 0.716. The Morgan fingerprint density at radius 3 is 2.52 bits per heavy atom. The molecule has 0 aliphatic rings. The maximum Gasteiger partial charge on any atom is 0.267 e. The van der Waals surface area contributed by atoms with Crippen molar-refractivity contribution in [1.82, 2.24) is 14.2 Å². The molecule has 0 saturated heterocycles. The van der Waals surface area contributed by atoms with Gasteiger partial charge in [-0.1, -0.05) is 30.3 Å². The second-order valence-electron chi connectivity index (χ2n) is 5.68. The molecule has 0 radical (unpaired) electrons. The van der Waals surface area contributed by atoms with Crippen molar-refractivity contribution in [2.75, 3.05) is 26.7 Å². The molecule has 0 fully saturated rings. The van der Waals surface area contributed by atoms with Gasteiger partial charge < -0.3 is 15.6 Å². The summed E-state index contributed by atoms with van der Waals surface area (Å²) >= 11 is 0. The van der Waals surface area contributed by atoms with Crippen LogP contribution in [0.25, 0.3) is 0 Å². The number of nitrogens with one attached hydrogen (secondary N) is 1. The number of hydrogen-bond donors (Lipinski definition) is 2. The van der Waals surface area contributed by atoms with E-state index in [1.807, 2.05) is 30.3 Å². The fourth-order valence-electron chi connectivity index (χ4n) is 2.57. The van der Waals surface area contributed by atoms with Crippen LogP contribution in [0.3, 0.4) is 0 Å². The van der Waals surface area contributed by atoms with Crippen LogP contribution >= 0.6 is 0 Å². The van der Waals surface area contributed by atoms with Crippen LogP contribution < -0.4 is 11.1 Å². The zero-order valence-corrected chi connectivity index (χ0v) is 15.3. The Hall–Kier alpha value is -2.16. The zero-order valence-electron chi connectivity index (χ0n) is 14.5. The van der Waals surface area contributed by atoms with Crippen LogP contribution in [0.1, 0.15) is 16.1 Å². The van der Waals surface area contributed by atoms with Crippen molar-refractivity contribution in [2.24, 2.45) is 12.8 Å². The Balaban J connectivity index is 2.25. The number of nitrogens with two attached hydrogens (primary N) is 1. The molecule has 3 N–H and O–H groups in total. The fraction of sp³-hybridized carbons (Fsp3) is 0.353. The summed E-state index contributed by atoms with van der Waals surface area (Å²) in [6.07, 6.45) is 2.04. The van der Waals surface area contributed by atoms with Crippen molar-refractivity contribution in [2.45, 2.75) is 11.3 Å². The largest absolute Gasteiger partial charge is 0.354 e. The summed E-state index contributed by atoms with van der Waals surface area (Å²) in [7, 11) is -0.580. The van der Waals surface area contributed by atoms with E-state index < -0.39 is 10.0 Å². The van der Waals surface area contributed by atoms with E-state index in [0.717, 1.165) is 5.56 Å². The molecule has 0 aliphatic carbocycles. The highest BCUT2D eigenvalue weighted by Gasteiger charge is 2.26.